The van der Waals surface area contributed by atoms with Crippen molar-refractivity contribution in [1.29, 1.82) is 0 Å². The van der Waals surface area contributed by atoms with Gasteiger partial charge in [-0.1, -0.05) is 0 Å². The summed E-state index contributed by atoms with van der Waals surface area (Å²) in [7, 11) is 0.754. The fraction of sp³-hybridized carbons (Fsp3) is 0.714. The first-order valence-electron chi connectivity index (χ1n) is 7.15. The highest BCUT2D eigenvalue weighted by Gasteiger charge is 2.61. The summed E-state index contributed by atoms with van der Waals surface area (Å²) in [6, 6.07) is 0. The Labute approximate surface area is 131 Å². The van der Waals surface area contributed by atoms with E-state index in [0.29, 0.717) is 13.1 Å². The molecule has 1 saturated heterocycles. The number of hydrogen-bond acceptors (Lipinski definition) is 6. The van der Waals surface area contributed by atoms with Gasteiger partial charge in [-0.3, -0.25) is 0 Å². The fourth-order valence-electron chi connectivity index (χ4n) is 2.30. The van der Waals surface area contributed by atoms with Crippen LogP contribution in [0.3, 0.4) is 0 Å². The molecule has 1 rings (SSSR count). The summed E-state index contributed by atoms with van der Waals surface area (Å²) in [5, 5.41) is 9.87. The van der Waals surface area contributed by atoms with Crippen LogP contribution in [0, 0.1) is 0 Å². The van der Waals surface area contributed by atoms with E-state index in [-0.39, 0.29) is 12.3 Å². The zero-order chi connectivity index (χ0) is 17.7. The van der Waals surface area contributed by atoms with Crippen molar-refractivity contribution in [3.8, 4) is 0 Å². The number of carbonyl (C=O) groups is 2. The van der Waals surface area contributed by atoms with Crippen molar-refractivity contribution in [1.82, 2.24) is 4.90 Å². The molecule has 0 radical (unpaired) electrons. The van der Waals surface area contributed by atoms with Crippen LogP contribution >= 0.6 is 0 Å². The van der Waals surface area contributed by atoms with Crippen molar-refractivity contribution in [3.05, 3.63) is 11.8 Å². The quantitative estimate of drug-likeness (QED) is 0.582. The van der Waals surface area contributed by atoms with Gasteiger partial charge >= 0.3 is 18.1 Å². The molecule has 0 amide bonds. The number of halogens is 3. The largest absolute Gasteiger partial charge is 0.467 e. The van der Waals surface area contributed by atoms with Gasteiger partial charge in [0.05, 0.1) is 13.7 Å². The molecule has 1 unspecified atom stereocenters. The molecule has 6 nitrogen and oxygen atoms in total. The summed E-state index contributed by atoms with van der Waals surface area (Å²) in [4.78, 5) is 24.6. The molecule has 1 fully saturated rings. The standard InChI is InChI=1S/C14H20F3NO5/c1-3-23-11(19)8-10(18-6-4-5-7-18)9-13(21,12(20)22-2)14(15,16)17/h8,21H,3-7,9H2,1-2H3/b10-8+. The smallest absolute Gasteiger partial charge is 0.428 e. The van der Waals surface area contributed by atoms with Crippen molar-refractivity contribution < 1.29 is 37.3 Å². The number of carbonyl (C=O) groups excluding carboxylic acids is 2. The number of hydrogen-bond donors (Lipinski definition) is 1. The van der Waals surface area contributed by atoms with Crippen LogP contribution in [0.1, 0.15) is 26.2 Å². The molecule has 0 saturated carbocycles. The van der Waals surface area contributed by atoms with Gasteiger partial charge in [0.15, 0.2) is 0 Å². The molecule has 9 heteroatoms. The third-order valence-corrected chi connectivity index (χ3v) is 3.51. The molecule has 23 heavy (non-hydrogen) atoms. The van der Waals surface area contributed by atoms with Gasteiger partial charge in [0, 0.05) is 31.3 Å². The lowest BCUT2D eigenvalue weighted by molar-refractivity contribution is -0.261. The maximum Gasteiger partial charge on any atom is 0.428 e. The molecule has 132 valence electrons. The summed E-state index contributed by atoms with van der Waals surface area (Å²) in [6.45, 7) is 2.48. The second-order valence-electron chi connectivity index (χ2n) is 5.11. The second kappa shape index (κ2) is 7.67. The van der Waals surface area contributed by atoms with Crippen molar-refractivity contribution in [2.24, 2.45) is 0 Å². The Bertz CT molecular complexity index is 472. The van der Waals surface area contributed by atoms with Gasteiger partial charge in [-0.15, -0.1) is 0 Å². The predicted molar refractivity (Wildman–Crippen MR) is 73.2 cm³/mol. The van der Waals surface area contributed by atoms with E-state index in [0.717, 1.165) is 26.0 Å². The van der Waals surface area contributed by atoms with Gasteiger partial charge in [0.25, 0.3) is 5.60 Å². The number of methoxy groups -OCH3 is 1. The zero-order valence-electron chi connectivity index (χ0n) is 13.0. The number of nitrogens with zero attached hydrogens (tertiary/aromatic N) is 1. The predicted octanol–water partition coefficient (Wildman–Crippen LogP) is 1.39. The van der Waals surface area contributed by atoms with Crippen LogP contribution in [-0.2, 0) is 19.1 Å². The average molecular weight is 339 g/mol. The maximum absolute atomic E-state index is 13.2. The first kappa shape index (κ1) is 19.3. The van der Waals surface area contributed by atoms with E-state index < -0.39 is 30.1 Å². The molecule has 0 aromatic heterocycles. The minimum absolute atomic E-state index is 0.0587. The second-order valence-corrected chi connectivity index (χ2v) is 5.11. The van der Waals surface area contributed by atoms with E-state index in [1.807, 2.05) is 0 Å². The van der Waals surface area contributed by atoms with E-state index in [9.17, 15) is 27.9 Å². The number of ether oxygens (including phenoxy) is 2. The minimum atomic E-state index is -5.24. The number of likely N-dealkylation sites (tertiary alicyclic amines) is 1. The third-order valence-electron chi connectivity index (χ3n) is 3.51. The Hall–Kier alpha value is -1.77. The SMILES string of the molecule is CCOC(=O)/C=C(\CC(O)(C(=O)OC)C(F)(F)F)N1CCCC1. The van der Waals surface area contributed by atoms with Crippen LogP contribution < -0.4 is 0 Å². The van der Waals surface area contributed by atoms with E-state index in [2.05, 4.69) is 4.74 Å². The Morgan fingerprint density at radius 3 is 2.26 bits per heavy atom. The minimum Gasteiger partial charge on any atom is -0.467 e. The van der Waals surface area contributed by atoms with E-state index >= 15 is 0 Å². The lowest BCUT2D eigenvalue weighted by Crippen LogP contribution is -2.53. The molecular weight excluding hydrogens is 319 g/mol. The van der Waals surface area contributed by atoms with Crippen LogP contribution in [-0.4, -0.2) is 60.5 Å². The number of rotatable bonds is 6. The monoisotopic (exact) mass is 339 g/mol. The first-order valence-corrected chi connectivity index (χ1v) is 7.15. The summed E-state index contributed by atoms with van der Waals surface area (Å²) in [5.74, 6) is -2.65. The maximum atomic E-state index is 13.2. The van der Waals surface area contributed by atoms with Crippen LogP contribution in [0.5, 0.6) is 0 Å². The van der Waals surface area contributed by atoms with Crippen LogP contribution in [0.15, 0.2) is 11.8 Å². The molecule has 0 aliphatic carbocycles. The Morgan fingerprint density at radius 1 is 1.26 bits per heavy atom. The molecule has 0 spiro atoms. The normalized spacial score (nSPS) is 18.5. The van der Waals surface area contributed by atoms with Crippen molar-refractivity contribution in [2.45, 2.75) is 38.0 Å². The highest BCUT2D eigenvalue weighted by atomic mass is 19.4. The number of aliphatic hydroxyl groups is 1. The van der Waals surface area contributed by atoms with Crippen molar-refractivity contribution >= 4 is 11.9 Å². The Kier molecular flexibility index (Phi) is 6.43. The average Bonchev–Trinajstić information content (AvgIpc) is 2.98. The van der Waals surface area contributed by atoms with Gasteiger partial charge in [-0.05, 0) is 19.8 Å². The molecule has 0 aromatic rings. The molecular formula is C14H20F3NO5. The molecule has 1 aliphatic heterocycles. The fourth-order valence-corrected chi connectivity index (χ4v) is 2.30. The van der Waals surface area contributed by atoms with Crippen molar-refractivity contribution in [2.75, 3.05) is 26.8 Å². The van der Waals surface area contributed by atoms with Gasteiger partial charge < -0.3 is 19.5 Å². The third kappa shape index (κ3) is 4.60. The number of alkyl halides is 3. The Balaban J connectivity index is 3.14. The van der Waals surface area contributed by atoms with Crippen LogP contribution in [0.25, 0.3) is 0 Å². The van der Waals surface area contributed by atoms with E-state index in [1.165, 1.54) is 4.90 Å². The molecule has 1 heterocycles. The van der Waals surface area contributed by atoms with Crippen molar-refractivity contribution in [3.63, 3.8) is 0 Å². The van der Waals surface area contributed by atoms with E-state index in [4.69, 9.17) is 4.74 Å². The van der Waals surface area contributed by atoms with Gasteiger partial charge in [-0.2, -0.15) is 13.2 Å². The topological polar surface area (TPSA) is 76.1 Å². The highest BCUT2D eigenvalue weighted by Crippen LogP contribution is 2.37. The molecule has 0 aromatic carbocycles. The summed E-state index contributed by atoms with van der Waals surface area (Å²) in [5.41, 5.74) is -3.82. The zero-order valence-corrected chi connectivity index (χ0v) is 13.0. The summed E-state index contributed by atoms with van der Waals surface area (Å²) >= 11 is 0. The first-order chi connectivity index (χ1) is 10.7. The van der Waals surface area contributed by atoms with Gasteiger partial charge in [-0.25, -0.2) is 9.59 Å². The Morgan fingerprint density at radius 2 is 1.83 bits per heavy atom. The lowest BCUT2D eigenvalue weighted by Gasteiger charge is -2.31. The summed E-state index contributed by atoms with van der Waals surface area (Å²) in [6.07, 6.45) is -3.99. The molecule has 1 atom stereocenters. The number of esters is 2. The highest BCUT2D eigenvalue weighted by molar-refractivity contribution is 5.84. The van der Waals surface area contributed by atoms with Crippen LogP contribution in [0.4, 0.5) is 13.2 Å². The molecule has 1 aliphatic rings. The molecule has 1 N–H and O–H groups in total. The molecule has 0 bridgehead atoms. The van der Waals surface area contributed by atoms with Crippen LogP contribution in [0.2, 0.25) is 0 Å². The van der Waals surface area contributed by atoms with Gasteiger partial charge in [0.2, 0.25) is 0 Å². The van der Waals surface area contributed by atoms with E-state index in [1.54, 1.807) is 6.92 Å². The lowest BCUT2D eigenvalue weighted by atomic mass is 9.96. The van der Waals surface area contributed by atoms with Gasteiger partial charge in [0.1, 0.15) is 0 Å². The summed E-state index contributed by atoms with van der Waals surface area (Å²) < 4.78 is 48.3.